The van der Waals surface area contributed by atoms with Gasteiger partial charge in [-0.15, -0.1) is 0 Å². The van der Waals surface area contributed by atoms with Gasteiger partial charge in [-0.3, -0.25) is 8.42 Å². The molecule has 640 valence electrons. The molecular formula is C96H198Na2O8S-2. The molecule has 0 saturated heterocycles. The predicted molar refractivity (Wildman–Crippen MR) is 468 cm³/mol. The second kappa shape index (κ2) is 123. The molecular weight excluding hydrogens is 1360 g/mol. The van der Waals surface area contributed by atoms with E-state index < -0.39 is 10.4 Å². The third kappa shape index (κ3) is 150. The van der Waals surface area contributed by atoms with Crippen LogP contribution in [-0.4, -0.2) is 70.4 Å². The molecule has 107 heavy (non-hydrogen) atoms. The molecule has 0 heterocycles. The standard InChI is InChI=1S/2C24H50O.2C24H49O.2Na.H2O4S/c4*1-3-5-7-9-11-13-15-17-19-21-23-25-24-22-20-18-16-14-12-10-8-6-4-2;;;1-5(2,3)4/h2*3-24H2,1-2H3;2*19H,3-18,20-24H2,1-2H3;;;(H2,1,2,3,4)/q;;2*-1;2*+1;/p-2. The summed E-state index contributed by atoms with van der Waals surface area (Å²) in [5, 5.41) is 0. The molecule has 0 saturated carbocycles. The Bertz CT molecular complexity index is 1200. The van der Waals surface area contributed by atoms with Crippen LogP contribution in [-0.2, 0) is 29.3 Å². The zero-order valence-electron chi connectivity index (χ0n) is 75.6. The third-order valence-corrected chi connectivity index (χ3v) is 20.8. The zero-order chi connectivity index (χ0) is 77.6. The quantitative estimate of drug-likeness (QED) is 0.0194. The van der Waals surface area contributed by atoms with Crippen molar-refractivity contribution in [2.24, 2.45) is 0 Å². The summed E-state index contributed by atoms with van der Waals surface area (Å²) in [7, 11) is -5.17. The molecule has 0 aliphatic carbocycles. The van der Waals surface area contributed by atoms with Crippen molar-refractivity contribution in [2.75, 3.05) is 52.9 Å². The molecule has 0 rings (SSSR count). The third-order valence-electron chi connectivity index (χ3n) is 20.8. The number of rotatable bonds is 88. The van der Waals surface area contributed by atoms with Gasteiger partial charge in [-0.2, -0.15) is 25.7 Å². The summed E-state index contributed by atoms with van der Waals surface area (Å²) in [6.07, 6.45) is 114. The fourth-order valence-corrected chi connectivity index (χ4v) is 13.7. The minimum atomic E-state index is -5.17. The van der Waals surface area contributed by atoms with Gasteiger partial charge in [0, 0.05) is 63.3 Å². The largest absolute Gasteiger partial charge is 1.00 e. The Balaban J connectivity index is -0.000000242. The molecule has 0 atom stereocenters. The molecule has 0 unspecified atom stereocenters. The van der Waals surface area contributed by atoms with Gasteiger partial charge in [-0.25, -0.2) is 0 Å². The Morgan fingerprint density at radius 3 is 0.402 bits per heavy atom. The van der Waals surface area contributed by atoms with Crippen molar-refractivity contribution in [2.45, 2.75) is 556 Å². The van der Waals surface area contributed by atoms with Crippen LogP contribution < -0.4 is 59.1 Å². The van der Waals surface area contributed by atoms with E-state index in [0.717, 1.165) is 65.7 Å². The Morgan fingerprint density at radius 2 is 0.271 bits per heavy atom. The van der Waals surface area contributed by atoms with Gasteiger partial charge >= 0.3 is 59.1 Å². The first-order valence-corrected chi connectivity index (χ1v) is 49.6. The first-order valence-electron chi connectivity index (χ1n) is 48.3. The molecule has 0 radical (unpaired) electrons. The van der Waals surface area contributed by atoms with Crippen molar-refractivity contribution in [3.63, 3.8) is 0 Å². The first-order chi connectivity index (χ1) is 51.7. The number of hydrogen-bond acceptors (Lipinski definition) is 8. The Hall–Kier alpha value is 1.71. The fraction of sp³-hybridized carbons (Fsp3) is 0.979. The van der Waals surface area contributed by atoms with Crippen LogP contribution in [0, 0.1) is 12.8 Å². The Morgan fingerprint density at radius 1 is 0.168 bits per heavy atom. The van der Waals surface area contributed by atoms with Crippen LogP contribution in [0.2, 0.25) is 0 Å². The van der Waals surface area contributed by atoms with Crippen LogP contribution in [0.3, 0.4) is 0 Å². The maximum Gasteiger partial charge on any atom is 1.00 e. The minimum Gasteiger partial charge on any atom is -0.759 e. The number of unbranched alkanes of at least 4 members (excludes halogenated alkanes) is 72. The van der Waals surface area contributed by atoms with E-state index in [1.54, 1.807) is 0 Å². The number of hydrogen-bond donors (Lipinski definition) is 0. The summed E-state index contributed by atoms with van der Waals surface area (Å²) in [6.45, 7) is 26.1. The van der Waals surface area contributed by atoms with Gasteiger partial charge in [-0.05, 0) is 38.5 Å². The van der Waals surface area contributed by atoms with E-state index in [0.29, 0.717) is 0 Å². The van der Waals surface area contributed by atoms with Crippen molar-refractivity contribution < 1.29 is 95.6 Å². The summed E-state index contributed by atoms with van der Waals surface area (Å²) < 4.78 is 57.1. The molecule has 0 aromatic carbocycles. The van der Waals surface area contributed by atoms with Crippen LogP contribution in [0.15, 0.2) is 0 Å². The molecule has 0 bridgehead atoms. The van der Waals surface area contributed by atoms with E-state index in [1.165, 1.54) is 488 Å². The summed E-state index contributed by atoms with van der Waals surface area (Å²) >= 11 is 0. The number of ether oxygens (including phenoxy) is 4. The van der Waals surface area contributed by atoms with Gasteiger partial charge in [0.25, 0.3) is 0 Å². The summed E-state index contributed by atoms with van der Waals surface area (Å²) in [6, 6.07) is 0. The van der Waals surface area contributed by atoms with Crippen molar-refractivity contribution in [1.82, 2.24) is 0 Å². The summed E-state index contributed by atoms with van der Waals surface area (Å²) in [4.78, 5) is 0. The average Bonchev–Trinajstić information content (AvgIpc) is 3.83. The first kappa shape index (κ1) is 122. The Kier molecular flexibility index (Phi) is 141. The van der Waals surface area contributed by atoms with Crippen LogP contribution in [0.5, 0.6) is 0 Å². The van der Waals surface area contributed by atoms with Gasteiger partial charge in [0.2, 0.25) is 0 Å². The topological polar surface area (TPSA) is 117 Å². The summed E-state index contributed by atoms with van der Waals surface area (Å²) in [5.41, 5.74) is 0. The molecule has 11 heteroatoms. The molecule has 0 aromatic rings. The van der Waals surface area contributed by atoms with Crippen molar-refractivity contribution in [3.05, 3.63) is 12.8 Å². The second-order valence-electron chi connectivity index (χ2n) is 31.9. The smallest absolute Gasteiger partial charge is 0.759 e. The monoisotopic (exact) mass is 1560 g/mol. The molecule has 0 amide bonds. The van der Waals surface area contributed by atoms with Crippen LogP contribution in [0.4, 0.5) is 0 Å². The van der Waals surface area contributed by atoms with Crippen molar-refractivity contribution >= 4 is 10.4 Å². The molecule has 0 N–H and O–H groups in total. The van der Waals surface area contributed by atoms with Gasteiger partial charge in [0.15, 0.2) is 0 Å². The van der Waals surface area contributed by atoms with E-state index in [9.17, 15) is 0 Å². The van der Waals surface area contributed by atoms with Crippen molar-refractivity contribution in [1.29, 1.82) is 0 Å². The maximum absolute atomic E-state index is 8.52. The average molecular weight is 1560 g/mol. The van der Waals surface area contributed by atoms with E-state index in [1.807, 2.05) is 0 Å². The normalized spacial score (nSPS) is 11.1. The molecule has 8 nitrogen and oxygen atoms in total. The van der Waals surface area contributed by atoms with E-state index in [-0.39, 0.29) is 59.1 Å². The molecule has 0 spiro atoms. The van der Waals surface area contributed by atoms with Crippen LogP contribution >= 0.6 is 0 Å². The minimum absolute atomic E-state index is 0. The van der Waals surface area contributed by atoms with E-state index in [2.05, 4.69) is 68.2 Å². The predicted octanol–water partition coefficient (Wildman–Crippen LogP) is 27.7. The second-order valence-corrected chi connectivity index (χ2v) is 32.7. The summed E-state index contributed by atoms with van der Waals surface area (Å²) in [5.74, 6) is 0. The molecule has 0 aromatic heterocycles. The SMILES string of the molecule is CCCCCCCCCCCCOCCCCCCCCCCCC.CCCCCCCCCCCCOCCCCCCCCCCCC.CCCCCCCCC[CH-]CCOCCCCCCCCCCCC.CCCCCCCCC[CH-]CCOCCCCCCCCCCCC.O=S(=O)([O-])[O-].[Na+].[Na+]. The maximum atomic E-state index is 8.52. The van der Waals surface area contributed by atoms with Crippen LogP contribution in [0.1, 0.15) is 556 Å². The van der Waals surface area contributed by atoms with Crippen molar-refractivity contribution in [3.8, 4) is 0 Å². The van der Waals surface area contributed by atoms with Crippen LogP contribution in [0.25, 0.3) is 0 Å². The zero-order valence-corrected chi connectivity index (χ0v) is 80.5. The van der Waals surface area contributed by atoms with Gasteiger partial charge in [0.1, 0.15) is 0 Å². The van der Waals surface area contributed by atoms with Gasteiger partial charge in [0.05, 0.1) is 0 Å². The fourth-order valence-electron chi connectivity index (χ4n) is 13.7. The van der Waals surface area contributed by atoms with Gasteiger partial charge < -0.3 is 40.9 Å². The van der Waals surface area contributed by atoms with Gasteiger partial charge in [-0.1, -0.05) is 492 Å². The molecule has 0 aliphatic heterocycles. The Labute approximate surface area is 721 Å². The van der Waals surface area contributed by atoms with E-state index in [4.69, 9.17) is 36.5 Å². The molecule has 0 aliphatic rings. The van der Waals surface area contributed by atoms with E-state index >= 15 is 0 Å². The molecule has 0 fully saturated rings.